The Hall–Kier alpha value is -3.12. The molecule has 5 rings (SSSR count). The summed E-state index contributed by atoms with van der Waals surface area (Å²) in [5.74, 6) is 0.895. The predicted octanol–water partition coefficient (Wildman–Crippen LogP) is 5.38. The van der Waals surface area contributed by atoms with Crippen molar-refractivity contribution in [3.8, 4) is 5.75 Å². The predicted molar refractivity (Wildman–Crippen MR) is 144 cm³/mol. The molecule has 196 valence electrons. The molecule has 2 fully saturated rings. The third kappa shape index (κ3) is 5.17. The number of benzene rings is 2. The number of aryl methyl sites for hydroxylation is 3. The monoisotopic (exact) mass is 503 g/mol. The average Bonchev–Trinajstić information content (AvgIpc) is 2.88. The fourth-order valence-corrected chi connectivity index (χ4v) is 6.17. The Morgan fingerprint density at radius 1 is 1.14 bits per heavy atom. The first-order valence-electron chi connectivity index (χ1n) is 13.5. The lowest BCUT2D eigenvalue weighted by Crippen LogP contribution is -2.54. The van der Waals surface area contributed by atoms with Gasteiger partial charge in [-0.2, -0.15) is 0 Å². The topological polar surface area (TPSA) is 80.0 Å². The molecule has 6 nitrogen and oxygen atoms in total. The van der Waals surface area contributed by atoms with Crippen LogP contribution in [0.15, 0.2) is 45.6 Å². The van der Waals surface area contributed by atoms with Crippen molar-refractivity contribution in [2.24, 2.45) is 5.92 Å². The van der Waals surface area contributed by atoms with Crippen LogP contribution in [0.25, 0.3) is 11.0 Å². The van der Waals surface area contributed by atoms with Crippen molar-refractivity contribution in [3.63, 3.8) is 0 Å². The van der Waals surface area contributed by atoms with Crippen molar-refractivity contribution in [2.75, 3.05) is 13.1 Å². The van der Waals surface area contributed by atoms with E-state index < -0.39 is 11.2 Å². The van der Waals surface area contributed by atoms with Crippen LogP contribution >= 0.6 is 0 Å². The van der Waals surface area contributed by atoms with Crippen molar-refractivity contribution < 1.29 is 19.1 Å². The van der Waals surface area contributed by atoms with Gasteiger partial charge in [0.15, 0.2) is 0 Å². The van der Waals surface area contributed by atoms with E-state index in [1.54, 1.807) is 0 Å². The fourth-order valence-electron chi connectivity index (χ4n) is 6.17. The molecule has 1 amide bonds. The van der Waals surface area contributed by atoms with E-state index in [2.05, 4.69) is 19.1 Å². The van der Waals surface area contributed by atoms with Crippen LogP contribution in [0.3, 0.4) is 0 Å². The fraction of sp³-hybridized carbons (Fsp3) is 0.484. The second kappa shape index (κ2) is 10.3. The number of carbonyl (C=O) groups excluding carboxylic acids is 1. The molecule has 0 radical (unpaired) electrons. The molecule has 3 aromatic rings. The molecule has 6 heteroatoms. The van der Waals surface area contributed by atoms with E-state index in [-0.39, 0.29) is 18.2 Å². The van der Waals surface area contributed by atoms with Gasteiger partial charge in [0.25, 0.3) is 0 Å². The number of ether oxygens (including phenoxy) is 1. The molecule has 2 aromatic carbocycles. The third-order valence-corrected chi connectivity index (χ3v) is 8.50. The van der Waals surface area contributed by atoms with Gasteiger partial charge < -0.3 is 19.2 Å². The van der Waals surface area contributed by atoms with Gasteiger partial charge in [0, 0.05) is 41.9 Å². The quantitative estimate of drug-likeness (QED) is 0.457. The first-order chi connectivity index (χ1) is 17.7. The molecule has 2 heterocycles. The van der Waals surface area contributed by atoms with Crippen LogP contribution < -0.4 is 10.4 Å². The Morgan fingerprint density at radius 2 is 1.97 bits per heavy atom. The average molecular weight is 504 g/mol. The van der Waals surface area contributed by atoms with Crippen molar-refractivity contribution in [1.82, 2.24) is 4.90 Å². The zero-order valence-corrected chi connectivity index (χ0v) is 22.1. The van der Waals surface area contributed by atoms with Gasteiger partial charge in [0.2, 0.25) is 5.91 Å². The minimum Gasteiger partial charge on any atom is -0.488 e. The molecule has 2 unspecified atom stereocenters. The smallest absolute Gasteiger partial charge is 0.339 e. The number of likely N-dealkylation sites (tertiary alicyclic amines) is 1. The van der Waals surface area contributed by atoms with Gasteiger partial charge in [-0.1, -0.05) is 42.7 Å². The number of aliphatic hydroxyl groups is 1. The molecular formula is C31H37NO5. The van der Waals surface area contributed by atoms with E-state index >= 15 is 0 Å². The molecule has 1 aromatic heterocycles. The van der Waals surface area contributed by atoms with Gasteiger partial charge in [-0.15, -0.1) is 0 Å². The maximum atomic E-state index is 13.0. The lowest BCUT2D eigenvalue weighted by Gasteiger charge is -2.47. The minimum absolute atomic E-state index is 0.0441. The lowest BCUT2D eigenvalue weighted by molar-refractivity contribution is -0.143. The Morgan fingerprint density at radius 3 is 2.78 bits per heavy atom. The summed E-state index contributed by atoms with van der Waals surface area (Å²) in [6.45, 7) is 7.52. The number of fused-ring (bicyclic) bond motifs is 2. The van der Waals surface area contributed by atoms with Crippen molar-refractivity contribution >= 4 is 16.9 Å². The standard InChI is InChI=1S/C31H37NO5/c1-20-7-6-8-23(17-20)19-36-27-12-10-25-21(2)26(30(34)37-29(25)22(27)3)11-13-28(33)32-16-15-31(35)14-5-4-9-24(31)18-32/h6-8,10,12,17,24,35H,4-5,9,11,13-16,18-19H2,1-3H3. The molecule has 2 atom stereocenters. The molecule has 37 heavy (non-hydrogen) atoms. The second-order valence-electron chi connectivity index (χ2n) is 11.0. The van der Waals surface area contributed by atoms with Crippen LogP contribution in [-0.4, -0.2) is 34.6 Å². The summed E-state index contributed by atoms with van der Waals surface area (Å²) in [5, 5.41) is 11.8. The number of hydrogen-bond acceptors (Lipinski definition) is 5. The number of nitrogens with zero attached hydrogens (tertiary/aromatic N) is 1. The van der Waals surface area contributed by atoms with Crippen LogP contribution in [0.2, 0.25) is 0 Å². The number of rotatable bonds is 6. The van der Waals surface area contributed by atoms with E-state index in [1.165, 1.54) is 5.56 Å². The highest BCUT2D eigenvalue weighted by molar-refractivity contribution is 5.86. The highest BCUT2D eigenvalue weighted by Crippen LogP contribution is 2.40. The van der Waals surface area contributed by atoms with Gasteiger partial charge in [0.05, 0.1) is 5.60 Å². The van der Waals surface area contributed by atoms with Gasteiger partial charge in [0.1, 0.15) is 17.9 Å². The summed E-state index contributed by atoms with van der Waals surface area (Å²) in [7, 11) is 0. The van der Waals surface area contributed by atoms with E-state index in [4.69, 9.17) is 9.15 Å². The highest BCUT2D eigenvalue weighted by atomic mass is 16.5. The maximum Gasteiger partial charge on any atom is 0.339 e. The van der Waals surface area contributed by atoms with Crippen LogP contribution in [0.1, 0.15) is 66.3 Å². The summed E-state index contributed by atoms with van der Waals surface area (Å²) in [5.41, 5.74) is 4.00. The second-order valence-corrected chi connectivity index (χ2v) is 11.0. The highest BCUT2D eigenvalue weighted by Gasteiger charge is 2.43. The minimum atomic E-state index is -0.606. The Bertz CT molecular complexity index is 1380. The van der Waals surface area contributed by atoms with Crippen molar-refractivity contribution in [3.05, 3.63) is 74.6 Å². The Kier molecular flexibility index (Phi) is 7.13. The zero-order chi connectivity index (χ0) is 26.2. The maximum absolute atomic E-state index is 13.0. The van der Waals surface area contributed by atoms with Gasteiger partial charge in [-0.3, -0.25) is 4.79 Å². The summed E-state index contributed by atoms with van der Waals surface area (Å²) < 4.78 is 11.8. The van der Waals surface area contributed by atoms with Crippen molar-refractivity contribution in [1.29, 1.82) is 0 Å². The number of hydrogen-bond donors (Lipinski definition) is 1. The summed E-state index contributed by atoms with van der Waals surface area (Å²) in [4.78, 5) is 27.9. The first-order valence-corrected chi connectivity index (χ1v) is 13.5. The third-order valence-electron chi connectivity index (χ3n) is 8.50. The first kappa shape index (κ1) is 25.5. The number of amides is 1. The van der Waals surface area contributed by atoms with Gasteiger partial charge in [-0.05, 0) is 69.7 Å². The molecule has 0 spiro atoms. The summed E-state index contributed by atoms with van der Waals surface area (Å²) in [6, 6.07) is 12.0. The van der Waals surface area contributed by atoms with E-state index in [0.29, 0.717) is 49.4 Å². The molecule has 0 bridgehead atoms. The lowest BCUT2D eigenvalue weighted by atomic mass is 9.71. The molecule has 1 N–H and O–H groups in total. The van der Waals surface area contributed by atoms with Crippen LogP contribution in [0.5, 0.6) is 5.75 Å². The van der Waals surface area contributed by atoms with Crippen molar-refractivity contribution in [2.45, 2.75) is 77.9 Å². The Labute approximate surface area is 218 Å². The molecule has 1 saturated carbocycles. The molecule has 2 aliphatic rings. The molecule has 1 aliphatic heterocycles. The molecular weight excluding hydrogens is 466 g/mol. The SMILES string of the molecule is Cc1cccc(COc2ccc3c(C)c(CCC(=O)N4CCC5(O)CCCCC5C4)c(=O)oc3c2C)c1. The molecule has 1 saturated heterocycles. The number of piperidine rings is 1. The normalized spacial score (nSPS) is 21.6. The van der Waals surface area contributed by atoms with Crippen LogP contribution in [0, 0.1) is 26.7 Å². The summed E-state index contributed by atoms with van der Waals surface area (Å²) >= 11 is 0. The number of carbonyl (C=O) groups is 1. The summed E-state index contributed by atoms with van der Waals surface area (Å²) in [6.07, 6.45) is 5.26. The zero-order valence-electron chi connectivity index (χ0n) is 22.1. The van der Waals surface area contributed by atoms with E-state index in [0.717, 1.165) is 47.8 Å². The van der Waals surface area contributed by atoms with E-state index in [1.807, 2.05) is 43.0 Å². The molecule has 1 aliphatic carbocycles. The van der Waals surface area contributed by atoms with Crippen LogP contribution in [-0.2, 0) is 17.8 Å². The van der Waals surface area contributed by atoms with E-state index in [9.17, 15) is 14.7 Å². The van der Waals surface area contributed by atoms with Gasteiger partial charge in [-0.25, -0.2) is 4.79 Å². The van der Waals surface area contributed by atoms with Gasteiger partial charge >= 0.3 is 5.63 Å². The largest absolute Gasteiger partial charge is 0.488 e. The van der Waals surface area contributed by atoms with Crippen LogP contribution in [0.4, 0.5) is 0 Å². The Balaban J connectivity index is 1.29.